The summed E-state index contributed by atoms with van der Waals surface area (Å²) in [5.41, 5.74) is 0.896. The molecule has 0 saturated carbocycles. The molecule has 0 amide bonds. The van der Waals surface area contributed by atoms with E-state index in [1.54, 1.807) is 0 Å². The second kappa shape index (κ2) is 5.44. The van der Waals surface area contributed by atoms with Crippen LogP contribution in [0.2, 0.25) is 0 Å². The Morgan fingerprint density at radius 1 is 1.33 bits per heavy atom. The first kappa shape index (κ1) is 12.3. The van der Waals surface area contributed by atoms with Gasteiger partial charge in [0.2, 0.25) is 0 Å². The molecule has 0 aliphatic rings. The highest BCUT2D eigenvalue weighted by molar-refractivity contribution is 5.89. The number of para-hydroxylation sites is 1. The minimum atomic E-state index is -0.222. The van der Waals surface area contributed by atoms with Gasteiger partial charge in [-0.15, -0.1) is 0 Å². The van der Waals surface area contributed by atoms with Gasteiger partial charge in [-0.25, -0.2) is 9.97 Å². The lowest BCUT2D eigenvalue weighted by Gasteiger charge is -2.18. The molecule has 0 aliphatic carbocycles. The molecular weight excluding hydrogens is 230 g/mol. The number of rotatable bonds is 4. The minimum absolute atomic E-state index is 0.222. The van der Waals surface area contributed by atoms with Crippen LogP contribution in [0.15, 0.2) is 30.6 Å². The molecule has 5 heteroatoms. The Kier molecular flexibility index (Phi) is 3.72. The fourth-order valence-corrected chi connectivity index (χ4v) is 1.76. The number of carbonyl (C=O) groups excluding carboxylic acids is 1. The van der Waals surface area contributed by atoms with E-state index in [-0.39, 0.29) is 5.97 Å². The summed E-state index contributed by atoms with van der Waals surface area (Å²) in [6, 6.07) is 7.80. The van der Waals surface area contributed by atoms with Gasteiger partial charge in [0.25, 0.3) is 0 Å². The van der Waals surface area contributed by atoms with Crippen molar-refractivity contribution in [3.05, 3.63) is 30.6 Å². The third-order valence-corrected chi connectivity index (χ3v) is 2.76. The zero-order valence-electron chi connectivity index (χ0n) is 10.5. The quantitative estimate of drug-likeness (QED) is 0.766. The lowest BCUT2D eigenvalue weighted by molar-refractivity contribution is -0.140. The summed E-state index contributed by atoms with van der Waals surface area (Å²) in [5, 5.41) is 0.979. The summed E-state index contributed by atoms with van der Waals surface area (Å²) in [4.78, 5) is 21.5. The van der Waals surface area contributed by atoms with Gasteiger partial charge in [-0.05, 0) is 12.1 Å². The van der Waals surface area contributed by atoms with Crippen LogP contribution in [0.3, 0.4) is 0 Å². The second-order valence-electron chi connectivity index (χ2n) is 3.96. The van der Waals surface area contributed by atoms with E-state index in [1.165, 1.54) is 13.4 Å². The Labute approximate surface area is 105 Å². The lowest BCUT2D eigenvalue weighted by Crippen LogP contribution is -2.22. The number of carbonyl (C=O) groups is 1. The molecule has 94 valence electrons. The van der Waals surface area contributed by atoms with Gasteiger partial charge in [-0.2, -0.15) is 0 Å². The highest BCUT2D eigenvalue weighted by atomic mass is 16.5. The van der Waals surface area contributed by atoms with Crippen molar-refractivity contribution in [2.45, 2.75) is 6.42 Å². The molecule has 0 spiro atoms. The van der Waals surface area contributed by atoms with Crippen LogP contribution in [-0.2, 0) is 9.53 Å². The molecule has 2 rings (SSSR count). The van der Waals surface area contributed by atoms with Crippen molar-refractivity contribution in [1.82, 2.24) is 9.97 Å². The summed E-state index contributed by atoms with van der Waals surface area (Å²) in [6.45, 7) is 0.563. The molecule has 1 heterocycles. The average molecular weight is 245 g/mol. The average Bonchev–Trinajstić information content (AvgIpc) is 2.43. The van der Waals surface area contributed by atoms with Crippen LogP contribution in [0.5, 0.6) is 0 Å². The van der Waals surface area contributed by atoms with Crippen molar-refractivity contribution in [3.63, 3.8) is 0 Å². The second-order valence-corrected chi connectivity index (χ2v) is 3.96. The predicted octanol–water partition coefficient (Wildman–Crippen LogP) is 1.63. The first-order chi connectivity index (χ1) is 8.72. The van der Waals surface area contributed by atoms with Gasteiger partial charge in [-0.1, -0.05) is 12.1 Å². The van der Waals surface area contributed by atoms with Gasteiger partial charge >= 0.3 is 5.97 Å². The van der Waals surface area contributed by atoms with Crippen LogP contribution in [0.25, 0.3) is 10.9 Å². The molecule has 0 unspecified atom stereocenters. The van der Waals surface area contributed by atoms with E-state index >= 15 is 0 Å². The number of benzene rings is 1. The van der Waals surface area contributed by atoms with Crippen LogP contribution in [0.1, 0.15) is 6.42 Å². The Bertz CT molecular complexity index is 551. The van der Waals surface area contributed by atoms with Gasteiger partial charge < -0.3 is 9.64 Å². The maximum Gasteiger partial charge on any atom is 0.307 e. The molecule has 1 aromatic heterocycles. The molecule has 2 aromatic rings. The molecule has 0 aliphatic heterocycles. The lowest BCUT2D eigenvalue weighted by atomic mass is 10.2. The van der Waals surface area contributed by atoms with Gasteiger partial charge in [-0.3, -0.25) is 4.79 Å². The Morgan fingerprint density at radius 2 is 2.11 bits per heavy atom. The molecule has 0 atom stereocenters. The van der Waals surface area contributed by atoms with E-state index in [9.17, 15) is 4.79 Å². The first-order valence-electron chi connectivity index (χ1n) is 5.70. The van der Waals surface area contributed by atoms with Gasteiger partial charge in [0.1, 0.15) is 12.1 Å². The number of fused-ring (bicyclic) bond motifs is 1. The number of esters is 1. The molecule has 0 bridgehead atoms. The monoisotopic (exact) mass is 245 g/mol. The van der Waals surface area contributed by atoms with E-state index < -0.39 is 0 Å². The first-order valence-corrected chi connectivity index (χ1v) is 5.70. The molecule has 0 fully saturated rings. The number of hydrogen-bond donors (Lipinski definition) is 0. The molecule has 0 saturated heterocycles. The Hall–Kier alpha value is -2.17. The number of anilines is 1. The smallest absolute Gasteiger partial charge is 0.307 e. The van der Waals surface area contributed by atoms with Gasteiger partial charge in [0.05, 0.1) is 19.0 Å². The fraction of sp³-hybridized carbons (Fsp3) is 0.308. The number of methoxy groups -OCH3 is 1. The third kappa shape index (κ3) is 2.56. The summed E-state index contributed by atoms with van der Waals surface area (Å²) in [7, 11) is 3.29. The van der Waals surface area contributed by atoms with Crippen LogP contribution < -0.4 is 4.90 Å². The summed E-state index contributed by atoms with van der Waals surface area (Å²) < 4.78 is 4.63. The Morgan fingerprint density at radius 3 is 2.89 bits per heavy atom. The fourth-order valence-electron chi connectivity index (χ4n) is 1.76. The zero-order valence-corrected chi connectivity index (χ0v) is 10.5. The van der Waals surface area contributed by atoms with Crippen molar-refractivity contribution < 1.29 is 9.53 Å². The van der Waals surface area contributed by atoms with Crippen molar-refractivity contribution in [3.8, 4) is 0 Å². The van der Waals surface area contributed by atoms with Crippen LogP contribution in [-0.4, -0.2) is 36.6 Å². The van der Waals surface area contributed by atoms with Crippen LogP contribution in [0.4, 0.5) is 5.82 Å². The maximum absolute atomic E-state index is 11.1. The largest absolute Gasteiger partial charge is 0.469 e. The van der Waals surface area contributed by atoms with Gasteiger partial charge in [0.15, 0.2) is 0 Å². The van der Waals surface area contributed by atoms with Crippen molar-refractivity contribution in [2.75, 3.05) is 25.6 Å². The number of nitrogens with zero attached hydrogens (tertiary/aromatic N) is 3. The van der Waals surface area contributed by atoms with Crippen molar-refractivity contribution in [1.29, 1.82) is 0 Å². The van der Waals surface area contributed by atoms with E-state index in [1.807, 2.05) is 36.2 Å². The highest BCUT2D eigenvalue weighted by Crippen LogP contribution is 2.21. The molecule has 0 radical (unpaired) electrons. The van der Waals surface area contributed by atoms with Crippen LogP contribution >= 0.6 is 0 Å². The normalized spacial score (nSPS) is 10.3. The number of aromatic nitrogens is 2. The maximum atomic E-state index is 11.1. The summed E-state index contributed by atoms with van der Waals surface area (Å²) >= 11 is 0. The number of hydrogen-bond acceptors (Lipinski definition) is 5. The molecular formula is C13H15N3O2. The summed E-state index contributed by atoms with van der Waals surface area (Å²) in [6.07, 6.45) is 1.87. The Balaban J connectivity index is 2.22. The SMILES string of the molecule is COC(=O)CCN(C)c1ncnc2ccccc12. The summed E-state index contributed by atoms with van der Waals surface area (Å²) in [5.74, 6) is 0.602. The van der Waals surface area contributed by atoms with E-state index in [0.29, 0.717) is 13.0 Å². The van der Waals surface area contributed by atoms with E-state index in [4.69, 9.17) is 0 Å². The van der Waals surface area contributed by atoms with Crippen molar-refractivity contribution in [2.24, 2.45) is 0 Å². The van der Waals surface area contributed by atoms with Crippen molar-refractivity contribution >= 4 is 22.7 Å². The van der Waals surface area contributed by atoms with E-state index in [0.717, 1.165) is 16.7 Å². The minimum Gasteiger partial charge on any atom is -0.469 e. The van der Waals surface area contributed by atoms with E-state index in [2.05, 4.69) is 14.7 Å². The molecule has 18 heavy (non-hydrogen) atoms. The molecule has 0 N–H and O–H groups in total. The molecule has 5 nitrogen and oxygen atoms in total. The third-order valence-electron chi connectivity index (χ3n) is 2.76. The number of ether oxygens (including phenoxy) is 1. The highest BCUT2D eigenvalue weighted by Gasteiger charge is 2.09. The van der Waals surface area contributed by atoms with Gasteiger partial charge in [0, 0.05) is 19.0 Å². The zero-order chi connectivity index (χ0) is 13.0. The molecule has 1 aromatic carbocycles. The topological polar surface area (TPSA) is 55.3 Å². The predicted molar refractivity (Wildman–Crippen MR) is 69.4 cm³/mol. The standard InChI is InChI=1S/C13H15N3O2/c1-16(8-7-12(17)18-2)13-10-5-3-4-6-11(10)14-9-15-13/h3-6,9H,7-8H2,1-2H3. The van der Waals surface area contributed by atoms with Crippen LogP contribution in [0, 0.1) is 0 Å².